The van der Waals surface area contributed by atoms with E-state index < -0.39 is 6.04 Å². The van der Waals surface area contributed by atoms with Gasteiger partial charge in [0.2, 0.25) is 11.8 Å². The standard InChI is InChI=1S/C25H28ClN3O3/c26-20-10-8-18(9-11-20)23(30)28-22(15-17-5-2-1-3-6-17)25(32)29-14-4-7-19(16-29)24(31)27-21-12-13-21/h1-3,5-6,8-11,19,21-22H,4,7,12-16H2,(H,27,31)(H,28,30). The molecule has 32 heavy (non-hydrogen) atoms. The minimum atomic E-state index is -0.717. The summed E-state index contributed by atoms with van der Waals surface area (Å²) >= 11 is 5.93. The molecule has 3 amide bonds. The molecule has 1 heterocycles. The van der Waals surface area contributed by atoms with Crippen LogP contribution in [0.15, 0.2) is 54.6 Å². The molecule has 0 aromatic heterocycles. The summed E-state index contributed by atoms with van der Waals surface area (Å²) in [6, 6.07) is 15.8. The van der Waals surface area contributed by atoms with Gasteiger partial charge in [0.05, 0.1) is 5.92 Å². The quantitative estimate of drug-likeness (QED) is 0.675. The van der Waals surface area contributed by atoms with Crippen molar-refractivity contribution in [3.05, 3.63) is 70.7 Å². The molecule has 1 saturated heterocycles. The van der Waals surface area contributed by atoms with E-state index in [2.05, 4.69) is 10.6 Å². The predicted molar refractivity (Wildman–Crippen MR) is 123 cm³/mol. The number of piperidine rings is 1. The summed E-state index contributed by atoms with van der Waals surface area (Å²) in [6.07, 6.45) is 4.02. The van der Waals surface area contributed by atoms with Crippen LogP contribution in [0, 0.1) is 5.92 Å². The Morgan fingerprint density at radius 2 is 1.72 bits per heavy atom. The lowest BCUT2D eigenvalue weighted by Crippen LogP contribution is -2.53. The molecule has 168 valence electrons. The van der Waals surface area contributed by atoms with E-state index in [-0.39, 0.29) is 23.6 Å². The van der Waals surface area contributed by atoms with Crippen LogP contribution >= 0.6 is 11.6 Å². The lowest BCUT2D eigenvalue weighted by molar-refractivity contribution is -0.137. The van der Waals surface area contributed by atoms with E-state index in [1.807, 2.05) is 30.3 Å². The van der Waals surface area contributed by atoms with E-state index in [1.54, 1.807) is 29.2 Å². The van der Waals surface area contributed by atoms with Gasteiger partial charge in [-0.3, -0.25) is 14.4 Å². The van der Waals surface area contributed by atoms with Gasteiger partial charge in [-0.15, -0.1) is 0 Å². The molecule has 2 unspecified atom stereocenters. The lowest BCUT2D eigenvalue weighted by atomic mass is 9.95. The predicted octanol–water partition coefficient (Wildman–Crippen LogP) is 3.20. The molecule has 2 atom stereocenters. The molecule has 1 aliphatic heterocycles. The summed E-state index contributed by atoms with van der Waals surface area (Å²) < 4.78 is 0. The third-order valence-electron chi connectivity index (χ3n) is 6.02. The monoisotopic (exact) mass is 453 g/mol. The third kappa shape index (κ3) is 5.88. The highest BCUT2D eigenvalue weighted by Crippen LogP contribution is 2.23. The van der Waals surface area contributed by atoms with Crippen LogP contribution in [-0.2, 0) is 16.0 Å². The molecule has 1 aliphatic carbocycles. The lowest BCUT2D eigenvalue weighted by Gasteiger charge is -2.34. The second-order valence-corrected chi connectivity index (χ2v) is 9.07. The average Bonchev–Trinajstić information content (AvgIpc) is 3.63. The Hall–Kier alpha value is -2.86. The molecule has 0 spiro atoms. The Morgan fingerprint density at radius 3 is 2.41 bits per heavy atom. The van der Waals surface area contributed by atoms with Crippen LogP contribution in [-0.4, -0.2) is 47.8 Å². The fourth-order valence-electron chi connectivity index (χ4n) is 4.05. The van der Waals surface area contributed by atoms with Crippen LogP contribution in [0.25, 0.3) is 0 Å². The first kappa shape index (κ1) is 22.3. The van der Waals surface area contributed by atoms with Gasteiger partial charge in [0.25, 0.3) is 5.91 Å². The number of hydrogen-bond donors (Lipinski definition) is 2. The van der Waals surface area contributed by atoms with Crippen LogP contribution in [0.3, 0.4) is 0 Å². The third-order valence-corrected chi connectivity index (χ3v) is 6.27. The maximum Gasteiger partial charge on any atom is 0.251 e. The minimum Gasteiger partial charge on any atom is -0.353 e. The van der Waals surface area contributed by atoms with E-state index in [4.69, 9.17) is 11.6 Å². The normalized spacial score (nSPS) is 19.2. The molecule has 2 aromatic carbocycles. The van der Waals surface area contributed by atoms with E-state index in [9.17, 15) is 14.4 Å². The second kappa shape index (κ2) is 10.2. The number of carbonyl (C=O) groups excluding carboxylic acids is 3. The highest BCUT2D eigenvalue weighted by molar-refractivity contribution is 6.30. The molecule has 2 N–H and O–H groups in total. The maximum atomic E-state index is 13.5. The smallest absolute Gasteiger partial charge is 0.251 e. The summed E-state index contributed by atoms with van der Waals surface area (Å²) in [5, 5.41) is 6.51. The van der Waals surface area contributed by atoms with Crippen LogP contribution in [0.4, 0.5) is 0 Å². The summed E-state index contributed by atoms with van der Waals surface area (Å²) in [5.74, 6) is -0.636. The van der Waals surface area contributed by atoms with Crippen molar-refractivity contribution in [3.63, 3.8) is 0 Å². The average molecular weight is 454 g/mol. The number of nitrogens with zero attached hydrogens (tertiary/aromatic N) is 1. The van der Waals surface area contributed by atoms with Gasteiger partial charge in [0, 0.05) is 36.1 Å². The Kier molecular flexibility index (Phi) is 7.10. The van der Waals surface area contributed by atoms with Crippen molar-refractivity contribution >= 4 is 29.3 Å². The Morgan fingerprint density at radius 1 is 1.00 bits per heavy atom. The fourth-order valence-corrected chi connectivity index (χ4v) is 4.18. The summed E-state index contributed by atoms with van der Waals surface area (Å²) in [5.41, 5.74) is 1.41. The van der Waals surface area contributed by atoms with E-state index in [0.717, 1.165) is 31.2 Å². The number of carbonyl (C=O) groups is 3. The number of amides is 3. The Bertz CT molecular complexity index is 960. The first-order valence-corrected chi connectivity index (χ1v) is 11.6. The van der Waals surface area contributed by atoms with Crippen LogP contribution in [0.1, 0.15) is 41.6 Å². The molecule has 0 bridgehead atoms. The van der Waals surface area contributed by atoms with Crippen molar-refractivity contribution < 1.29 is 14.4 Å². The van der Waals surface area contributed by atoms with Crippen molar-refractivity contribution in [1.29, 1.82) is 0 Å². The number of rotatable bonds is 7. The SMILES string of the molecule is O=C(NC(Cc1ccccc1)C(=O)N1CCCC(C(=O)NC2CC2)C1)c1ccc(Cl)cc1. The molecule has 2 aliphatic rings. The number of nitrogens with one attached hydrogen (secondary N) is 2. The van der Waals surface area contributed by atoms with Crippen molar-refractivity contribution in [2.45, 2.75) is 44.2 Å². The van der Waals surface area contributed by atoms with E-state index in [0.29, 0.717) is 36.1 Å². The fraction of sp³-hybridized carbons (Fsp3) is 0.400. The second-order valence-electron chi connectivity index (χ2n) is 8.63. The van der Waals surface area contributed by atoms with Gasteiger partial charge in [-0.05, 0) is 55.5 Å². The first-order chi connectivity index (χ1) is 15.5. The van der Waals surface area contributed by atoms with Gasteiger partial charge >= 0.3 is 0 Å². The van der Waals surface area contributed by atoms with Crippen molar-refractivity contribution in [2.75, 3.05) is 13.1 Å². The van der Waals surface area contributed by atoms with Gasteiger partial charge < -0.3 is 15.5 Å². The largest absolute Gasteiger partial charge is 0.353 e. The number of halogens is 1. The molecule has 2 fully saturated rings. The highest BCUT2D eigenvalue weighted by Gasteiger charge is 2.34. The molecule has 6 nitrogen and oxygen atoms in total. The zero-order chi connectivity index (χ0) is 22.5. The Balaban J connectivity index is 1.47. The van der Waals surface area contributed by atoms with Gasteiger partial charge in [-0.25, -0.2) is 0 Å². The zero-order valence-electron chi connectivity index (χ0n) is 17.9. The summed E-state index contributed by atoms with van der Waals surface area (Å²) in [6.45, 7) is 0.980. The van der Waals surface area contributed by atoms with Crippen LogP contribution in [0.2, 0.25) is 5.02 Å². The van der Waals surface area contributed by atoms with Crippen molar-refractivity contribution in [2.24, 2.45) is 5.92 Å². The van der Waals surface area contributed by atoms with Crippen molar-refractivity contribution in [1.82, 2.24) is 15.5 Å². The van der Waals surface area contributed by atoms with Crippen LogP contribution in [0.5, 0.6) is 0 Å². The number of benzene rings is 2. The van der Waals surface area contributed by atoms with Crippen LogP contribution < -0.4 is 10.6 Å². The first-order valence-electron chi connectivity index (χ1n) is 11.2. The highest BCUT2D eigenvalue weighted by atomic mass is 35.5. The topological polar surface area (TPSA) is 78.5 Å². The number of likely N-dealkylation sites (tertiary alicyclic amines) is 1. The van der Waals surface area contributed by atoms with Gasteiger partial charge in [-0.2, -0.15) is 0 Å². The summed E-state index contributed by atoms with van der Waals surface area (Å²) in [4.78, 5) is 40.6. The zero-order valence-corrected chi connectivity index (χ0v) is 18.7. The molecular formula is C25H28ClN3O3. The molecule has 4 rings (SSSR count). The maximum absolute atomic E-state index is 13.5. The van der Waals surface area contributed by atoms with Gasteiger partial charge in [0.15, 0.2) is 0 Å². The molecular weight excluding hydrogens is 426 g/mol. The minimum absolute atomic E-state index is 0.0369. The van der Waals surface area contributed by atoms with Gasteiger partial charge in [-0.1, -0.05) is 41.9 Å². The van der Waals surface area contributed by atoms with Gasteiger partial charge in [0.1, 0.15) is 6.04 Å². The molecule has 7 heteroatoms. The molecule has 0 radical (unpaired) electrons. The van der Waals surface area contributed by atoms with E-state index in [1.165, 1.54) is 0 Å². The Labute approximate surface area is 193 Å². The summed E-state index contributed by atoms with van der Waals surface area (Å²) in [7, 11) is 0. The molecule has 2 aromatic rings. The van der Waals surface area contributed by atoms with E-state index >= 15 is 0 Å². The molecule has 1 saturated carbocycles. The number of hydrogen-bond acceptors (Lipinski definition) is 3. The van der Waals surface area contributed by atoms with Crippen molar-refractivity contribution in [3.8, 4) is 0 Å².